The first-order valence-corrected chi connectivity index (χ1v) is 4.88. The van der Waals surface area contributed by atoms with Crippen molar-refractivity contribution in [2.75, 3.05) is 6.61 Å². The number of ether oxygens (including phenoxy) is 1. The van der Waals surface area contributed by atoms with Gasteiger partial charge < -0.3 is 20.1 Å². The number of rotatable bonds is 1. The van der Waals surface area contributed by atoms with E-state index in [2.05, 4.69) is 4.74 Å². The molecule has 0 amide bonds. The van der Waals surface area contributed by atoms with Crippen LogP contribution in [-0.4, -0.2) is 33.7 Å². The van der Waals surface area contributed by atoms with Gasteiger partial charge in [0.05, 0.1) is 6.61 Å². The lowest BCUT2D eigenvalue weighted by molar-refractivity contribution is -0.301. The molecular formula is C11H12O5. The minimum Gasteiger partial charge on any atom is -0.463 e. The van der Waals surface area contributed by atoms with Gasteiger partial charge in [-0.15, -0.1) is 0 Å². The standard InChI is InChI=1S/C11H12O5/c12-9-11(15,8-4-2-1-3-5-8)10(13,14)6-7-16-9/h1-5,13-15H,6-7H2. The molecule has 0 bridgehead atoms. The van der Waals surface area contributed by atoms with Gasteiger partial charge in [0.15, 0.2) is 0 Å². The Bertz CT molecular complexity index is 400. The topological polar surface area (TPSA) is 87.0 Å². The van der Waals surface area contributed by atoms with E-state index in [0.717, 1.165) is 0 Å². The molecule has 3 N–H and O–H groups in total. The van der Waals surface area contributed by atoms with Crippen molar-refractivity contribution < 1.29 is 24.9 Å². The van der Waals surface area contributed by atoms with E-state index < -0.39 is 17.4 Å². The monoisotopic (exact) mass is 224 g/mol. The molecule has 86 valence electrons. The van der Waals surface area contributed by atoms with Crippen molar-refractivity contribution >= 4 is 5.97 Å². The fraction of sp³-hybridized carbons (Fsp3) is 0.364. The molecular weight excluding hydrogens is 212 g/mol. The fourth-order valence-corrected chi connectivity index (χ4v) is 1.76. The highest BCUT2D eigenvalue weighted by Crippen LogP contribution is 2.37. The molecule has 1 fully saturated rings. The van der Waals surface area contributed by atoms with Crippen LogP contribution in [0.5, 0.6) is 0 Å². The predicted octanol–water partition coefficient (Wildman–Crippen LogP) is -0.498. The predicted molar refractivity (Wildman–Crippen MR) is 53.1 cm³/mol. The highest BCUT2D eigenvalue weighted by molar-refractivity contribution is 5.83. The molecule has 0 aliphatic carbocycles. The van der Waals surface area contributed by atoms with Crippen molar-refractivity contribution in [2.45, 2.75) is 17.8 Å². The van der Waals surface area contributed by atoms with Gasteiger partial charge in [0.1, 0.15) is 0 Å². The number of esters is 1. The molecule has 1 aliphatic rings. The third-order valence-electron chi connectivity index (χ3n) is 2.75. The molecule has 1 unspecified atom stereocenters. The van der Waals surface area contributed by atoms with E-state index in [1.165, 1.54) is 12.1 Å². The summed E-state index contributed by atoms with van der Waals surface area (Å²) in [6, 6.07) is 7.75. The van der Waals surface area contributed by atoms with Crippen LogP contribution in [0.3, 0.4) is 0 Å². The van der Waals surface area contributed by atoms with Gasteiger partial charge in [0.2, 0.25) is 11.4 Å². The van der Waals surface area contributed by atoms with Crippen LogP contribution in [0.15, 0.2) is 30.3 Å². The van der Waals surface area contributed by atoms with E-state index >= 15 is 0 Å². The van der Waals surface area contributed by atoms with E-state index in [0.29, 0.717) is 0 Å². The van der Waals surface area contributed by atoms with Crippen molar-refractivity contribution in [3.8, 4) is 0 Å². The first kappa shape index (κ1) is 11.1. The average Bonchev–Trinajstić information content (AvgIpc) is 2.27. The third kappa shape index (κ3) is 1.41. The smallest absolute Gasteiger partial charge is 0.348 e. The molecule has 1 aromatic rings. The maximum absolute atomic E-state index is 11.5. The number of aliphatic hydroxyl groups is 3. The number of hydrogen-bond acceptors (Lipinski definition) is 5. The number of hydrogen-bond donors (Lipinski definition) is 3. The van der Waals surface area contributed by atoms with E-state index in [-0.39, 0.29) is 18.6 Å². The van der Waals surface area contributed by atoms with Crippen molar-refractivity contribution in [3.05, 3.63) is 35.9 Å². The molecule has 0 radical (unpaired) electrons. The first-order valence-electron chi connectivity index (χ1n) is 4.88. The van der Waals surface area contributed by atoms with Crippen LogP contribution < -0.4 is 0 Å². The van der Waals surface area contributed by atoms with Gasteiger partial charge in [-0.05, 0) is 0 Å². The number of benzene rings is 1. The number of carbonyl (C=O) groups excluding carboxylic acids is 1. The summed E-state index contributed by atoms with van der Waals surface area (Å²) in [6.07, 6.45) is -0.232. The molecule has 16 heavy (non-hydrogen) atoms. The molecule has 0 aromatic heterocycles. The van der Waals surface area contributed by atoms with Gasteiger partial charge in [-0.25, -0.2) is 4.79 Å². The highest BCUT2D eigenvalue weighted by atomic mass is 16.6. The van der Waals surface area contributed by atoms with Crippen LogP contribution in [0.4, 0.5) is 0 Å². The van der Waals surface area contributed by atoms with Crippen LogP contribution in [0.25, 0.3) is 0 Å². The summed E-state index contributed by atoms with van der Waals surface area (Å²) in [7, 11) is 0. The van der Waals surface area contributed by atoms with Gasteiger partial charge in [0.25, 0.3) is 0 Å². The molecule has 5 nitrogen and oxygen atoms in total. The Morgan fingerprint density at radius 1 is 1.12 bits per heavy atom. The summed E-state index contributed by atoms with van der Waals surface area (Å²) in [5.74, 6) is -3.56. The normalized spacial score (nSPS) is 28.6. The summed E-state index contributed by atoms with van der Waals surface area (Å²) < 4.78 is 4.67. The van der Waals surface area contributed by atoms with Gasteiger partial charge in [-0.3, -0.25) is 0 Å². The largest absolute Gasteiger partial charge is 0.463 e. The van der Waals surface area contributed by atoms with Gasteiger partial charge in [-0.2, -0.15) is 0 Å². The first-order chi connectivity index (χ1) is 7.48. The maximum atomic E-state index is 11.5. The minimum atomic E-state index is -2.51. The van der Waals surface area contributed by atoms with Crippen molar-refractivity contribution in [3.63, 3.8) is 0 Å². The molecule has 1 atom stereocenters. The Kier molecular flexibility index (Phi) is 2.46. The number of cyclic esters (lactones) is 1. The van der Waals surface area contributed by atoms with Crippen molar-refractivity contribution in [1.82, 2.24) is 0 Å². The quantitative estimate of drug-likeness (QED) is 0.442. The van der Waals surface area contributed by atoms with Gasteiger partial charge >= 0.3 is 5.97 Å². The molecule has 5 heteroatoms. The SMILES string of the molecule is O=C1OCCC(O)(O)C1(O)c1ccccc1. The van der Waals surface area contributed by atoms with Crippen LogP contribution in [0, 0.1) is 0 Å². The Morgan fingerprint density at radius 2 is 1.75 bits per heavy atom. The Labute approximate surface area is 91.9 Å². The summed E-state index contributed by atoms with van der Waals surface area (Å²) in [6.45, 7) is -0.124. The van der Waals surface area contributed by atoms with Crippen molar-refractivity contribution in [1.29, 1.82) is 0 Å². The fourth-order valence-electron chi connectivity index (χ4n) is 1.76. The van der Waals surface area contributed by atoms with Crippen LogP contribution in [0.1, 0.15) is 12.0 Å². The summed E-state index contributed by atoms with van der Waals surface area (Å²) in [5, 5.41) is 29.6. The second-order valence-corrected chi connectivity index (χ2v) is 3.78. The van der Waals surface area contributed by atoms with Crippen LogP contribution in [-0.2, 0) is 15.1 Å². The van der Waals surface area contributed by atoms with E-state index in [1.54, 1.807) is 18.2 Å². The molecule has 1 aromatic carbocycles. The molecule has 0 spiro atoms. The molecule has 0 saturated carbocycles. The van der Waals surface area contributed by atoms with E-state index in [9.17, 15) is 20.1 Å². The lowest BCUT2D eigenvalue weighted by Gasteiger charge is -2.40. The van der Waals surface area contributed by atoms with Crippen LogP contribution >= 0.6 is 0 Å². The molecule has 1 saturated heterocycles. The summed E-state index contributed by atoms with van der Waals surface area (Å²) in [4.78, 5) is 11.5. The Morgan fingerprint density at radius 3 is 2.31 bits per heavy atom. The van der Waals surface area contributed by atoms with Crippen molar-refractivity contribution in [2.24, 2.45) is 0 Å². The average molecular weight is 224 g/mol. The van der Waals surface area contributed by atoms with E-state index in [1.807, 2.05) is 0 Å². The van der Waals surface area contributed by atoms with Crippen LogP contribution in [0.2, 0.25) is 0 Å². The lowest BCUT2D eigenvalue weighted by atomic mass is 9.82. The zero-order chi connectivity index (χ0) is 11.8. The Hall–Kier alpha value is -1.43. The third-order valence-corrected chi connectivity index (χ3v) is 2.75. The van der Waals surface area contributed by atoms with E-state index in [4.69, 9.17) is 0 Å². The number of carbonyl (C=O) groups is 1. The molecule has 1 heterocycles. The Balaban J connectivity index is 2.52. The van der Waals surface area contributed by atoms with Gasteiger partial charge in [0, 0.05) is 12.0 Å². The second-order valence-electron chi connectivity index (χ2n) is 3.78. The van der Waals surface area contributed by atoms with Gasteiger partial charge in [-0.1, -0.05) is 30.3 Å². The zero-order valence-corrected chi connectivity index (χ0v) is 8.46. The second kappa shape index (κ2) is 3.55. The zero-order valence-electron chi connectivity index (χ0n) is 8.46. The minimum absolute atomic E-state index is 0.102. The lowest BCUT2D eigenvalue weighted by Crippen LogP contribution is -2.61. The summed E-state index contributed by atoms with van der Waals surface area (Å²) in [5.41, 5.74) is -2.32. The molecule has 1 aliphatic heterocycles. The maximum Gasteiger partial charge on any atom is 0.348 e. The molecule has 2 rings (SSSR count). The summed E-state index contributed by atoms with van der Waals surface area (Å²) >= 11 is 0. The highest BCUT2D eigenvalue weighted by Gasteiger charge is 2.59.